The van der Waals surface area contributed by atoms with Crippen molar-refractivity contribution in [3.05, 3.63) is 47.0 Å². The van der Waals surface area contributed by atoms with Gasteiger partial charge >= 0.3 is 6.29 Å². The Bertz CT molecular complexity index is 1170. The lowest BCUT2D eigenvalue weighted by Gasteiger charge is -2.40. The number of nitrogens with one attached hydrogen (secondary N) is 1. The highest BCUT2D eigenvalue weighted by Gasteiger charge is 2.45. The number of ether oxygens (including phenoxy) is 3. The summed E-state index contributed by atoms with van der Waals surface area (Å²) in [4.78, 5) is 19.4. The van der Waals surface area contributed by atoms with E-state index in [0.717, 1.165) is 0 Å². The zero-order valence-electron chi connectivity index (χ0n) is 18.3. The standard InChI is InChI=1S/C23H23ClF2N4O4/c1-22(12-18(31)30(21(27)29-22)13-8-10-32-11-9-13)14-4-2-5-15(19(14)24)28-16-6-3-7-17-20(16)34-23(25,26)33-17/h2-7,13,28H,8-12H2,1H3,(H2,27,29)/t22-/m0/s1. The van der Waals surface area contributed by atoms with Gasteiger partial charge in [0.05, 0.1) is 28.4 Å². The van der Waals surface area contributed by atoms with Gasteiger partial charge in [-0.1, -0.05) is 29.8 Å². The van der Waals surface area contributed by atoms with Crippen molar-refractivity contribution in [2.45, 2.75) is 44.1 Å². The van der Waals surface area contributed by atoms with Crippen molar-refractivity contribution in [3.8, 4) is 11.5 Å². The van der Waals surface area contributed by atoms with E-state index in [0.29, 0.717) is 37.3 Å². The van der Waals surface area contributed by atoms with E-state index < -0.39 is 11.8 Å². The van der Waals surface area contributed by atoms with Gasteiger partial charge in [-0.25, -0.2) is 4.99 Å². The number of nitrogens with two attached hydrogens (primary N) is 1. The average Bonchev–Trinajstić information content (AvgIpc) is 3.10. The Kier molecular flexibility index (Phi) is 5.52. The van der Waals surface area contributed by atoms with Gasteiger partial charge in [0.2, 0.25) is 5.91 Å². The van der Waals surface area contributed by atoms with Gasteiger partial charge < -0.3 is 25.3 Å². The number of guanidine groups is 1. The molecule has 3 N–H and O–H groups in total. The molecule has 1 amide bonds. The summed E-state index contributed by atoms with van der Waals surface area (Å²) in [6.07, 6.45) is -2.27. The van der Waals surface area contributed by atoms with Crippen molar-refractivity contribution in [3.63, 3.8) is 0 Å². The first kappa shape index (κ1) is 22.7. The Morgan fingerprint density at radius 1 is 1.15 bits per heavy atom. The third-order valence-corrected chi connectivity index (χ3v) is 6.61. The first-order valence-electron chi connectivity index (χ1n) is 10.9. The minimum Gasteiger partial charge on any atom is -0.395 e. The molecule has 1 atom stereocenters. The van der Waals surface area contributed by atoms with Gasteiger partial charge in [-0.15, -0.1) is 8.78 Å². The number of halogens is 3. The molecule has 0 saturated carbocycles. The summed E-state index contributed by atoms with van der Waals surface area (Å²) >= 11 is 6.73. The van der Waals surface area contributed by atoms with E-state index in [1.165, 1.54) is 6.07 Å². The van der Waals surface area contributed by atoms with Crippen molar-refractivity contribution in [2.24, 2.45) is 10.7 Å². The van der Waals surface area contributed by atoms with Crippen LogP contribution in [0.2, 0.25) is 5.02 Å². The number of benzene rings is 2. The number of carbonyl (C=O) groups excluding carboxylic acids is 1. The summed E-state index contributed by atoms with van der Waals surface area (Å²) in [5.41, 5.74) is 6.54. The normalized spacial score (nSPS) is 24.2. The molecule has 2 aromatic rings. The molecular formula is C23H23ClF2N4O4. The molecule has 5 rings (SSSR count). The molecule has 3 aliphatic heterocycles. The van der Waals surface area contributed by atoms with Gasteiger partial charge in [0.1, 0.15) is 0 Å². The maximum absolute atomic E-state index is 13.6. The first-order valence-corrected chi connectivity index (χ1v) is 11.2. The lowest BCUT2D eigenvalue weighted by Crippen LogP contribution is -2.55. The average molecular weight is 493 g/mol. The number of hydrogen-bond donors (Lipinski definition) is 2. The van der Waals surface area contributed by atoms with E-state index in [1.807, 2.05) is 0 Å². The minimum absolute atomic E-state index is 0.0430. The third kappa shape index (κ3) is 4.01. The maximum Gasteiger partial charge on any atom is 0.586 e. The molecule has 180 valence electrons. The van der Waals surface area contributed by atoms with Crippen LogP contribution in [0.25, 0.3) is 0 Å². The van der Waals surface area contributed by atoms with Gasteiger partial charge in [0, 0.05) is 24.8 Å². The van der Waals surface area contributed by atoms with E-state index in [4.69, 9.17) is 22.1 Å². The first-order chi connectivity index (χ1) is 16.2. The molecule has 34 heavy (non-hydrogen) atoms. The van der Waals surface area contributed by atoms with Crippen LogP contribution in [0.3, 0.4) is 0 Å². The zero-order valence-corrected chi connectivity index (χ0v) is 19.1. The van der Waals surface area contributed by atoms with Crippen LogP contribution in [0.4, 0.5) is 20.2 Å². The van der Waals surface area contributed by atoms with Crippen molar-refractivity contribution in [2.75, 3.05) is 18.5 Å². The molecule has 2 aromatic carbocycles. The smallest absolute Gasteiger partial charge is 0.395 e. The van der Waals surface area contributed by atoms with Gasteiger partial charge in [-0.2, -0.15) is 0 Å². The molecular weight excluding hydrogens is 470 g/mol. The van der Waals surface area contributed by atoms with Crippen molar-refractivity contribution < 1.29 is 27.8 Å². The van der Waals surface area contributed by atoms with Crippen LogP contribution in [-0.4, -0.2) is 42.3 Å². The van der Waals surface area contributed by atoms with Crippen LogP contribution < -0.4 is 20.5 Å². The molecule has 0 spiro atoms. The Hall–Kier alpha value is -3.11. The lowest BCUT2D eigenvalue weighted by atomic mass is 9.86. The number of fused-ring (bicyclic) bond motifs is 1. The van der Waals surface area contributed by atoms with Gasteiger partial charge in [-0.05, 0) is 38.0 Å². The van der Waals surface area contributed by atoms with Gasteiger partial charge in [-0.3, -0.25) is 9.69 Å². The third-order valence-electron chi connectivity index (χ3n) is 6.21. The number of amides is 1. The van der Waals surface area contributed by atoms with Gasteiger partial charge in [0.25, 0.3) is 0 Å². The lowest BCUT2D eigenvalue weighted by molar-refractivity contribution is -0.286. The van der Waals surface area contributed by atoms with Crippen molar-refractivity contribution in [1.82, 2.24) is 4.90 Å². The summed E-state index contributed by atoms with van der Waals surface area (Å²) in [6.45, 7) is 2.94. The summed E-state index contributed by atoms with van der Waals surface area (Å²) in [7, 11) is 0. The van der Waals surface area contributed by atoms with Crippen LogP contribution in [0.1, 0.15) is 31.7 Å². The second kappa shape index (κ2) is 8.28. The number of para-hydroxylation sites is 1. The predicted octanol–water partition coefficient (Wildman–Crippen LogP) is 4.35. The van der Waals surface area contributed by atoms with E-state index in [2.05, 4.69) is 19.8 Å². The molecule has 1 saturated heterocycles. The van der Waals surface area contributed by atoms with Gasteiger partial charge in [0.15, 0.2) is 17.5 Å². The fourth-order valence-electron chi connectivity index (χ4n) is 4.60. The topological polar surface area (TPSA) is 98.4 Å². The summed E-state index contributed by atoms with van der Waals surface area (Å²) in [5.74, 6) is -0.196. The summed E-state index contributed by atoms with van der Waals surface area (Å²) < 4.78 is 41.7. The number of alkyl halides is 2. The highest BCUT2D eigenvalue weighted by molar-refractivity contribution is 6.34. The molecule has 0 aliphatic carbocycles. The number of aliphatic imine (C=N–C) groups is 1. The Morgan fingerprint density at radius 3 is 2.59 bits per heavy atom. The number of nitrogens with zero attached hydrogens (tertiary/aromatic N) is 2. The fourth-order valence-corrected chi connectivity index (χ4v) is 4.98. The second-order valence-electron chi connectivity index (χ2n) is 8.62. The van der Waals surface area contributed by atoms with E-state index in [9.17, 15) is 13.6 Å². The molecule has 1 fully saturated rings. The highest BCUT2D eigenvalue weighted by Crippen LogP contribution is 2.48. The molecule has 0 radical (unpaired) electrons. The number of rotatable bonds is 4. The monoisotopic (exact) mass is 492 g/mol. The van der Waals surface area contributed by atoms with Crippen LogP contribution >= 0.6 is 11.6 Å². The fraction of sp³-hybridized carbons (Fsp3) is 0.391. The molecule has 8 nitrogen and oxygen atoms in total. The zero-order chi connectivity index (χ0) is 24.1. The molecule has 0 bridgehead atoms. The number of anilines is 2. The summed E-state index contributed by atoms with van der Waals surface area (Å²) in [5, 5.41) is 3.32. The molecule has 11 heteroatoms. The van der Waals surface area contributed by atoms with E-state index >= 15 is 0 Å². The molecule has 0 aromatic heterocycles. The quantitative estimate of drug-likeness (QED) is 0.658. The minimum atomic E-state index is -3.75. The second-order valence-corrected chi connectivity index (χ2v) is 9.00. The Labute approximate surface area is 199 Å². The largest absolute Gasteiger partial charge is 0.586 e. The maximum atomic E-state index is 13.6. The SMILES string of the molecule is C[C@@]1(c2cccc(Nc3cccc4c3OC(F)(F)O4)c2Cl)CC(=O)N(C2CCOCC2)C(N)=N1. The number of hydrogen-bond acceptors (Lipinski definition) is 7. The van der Waals surface area contributed by atoms with Crippen LogP contribution in [-0.2, 0) is 15.1 Å². The van der Waals surface area contributed by atoms with E-state index in [-0.39, 0.29) is 46.5 Å². The van der Waals surface area contributed by atoms with Crippen molar-refractivity contribution >= 4 is 34.8 Å². The Balaban J connectivity index is 1.45. The molecule has 3 aliphatic rings. The van der Waals surface area contributed by atoms with Crippen LogP contribution in [0.5, 0.6) is 11.5 Å². The Morgan fingerprint density at radius 2 is 1.85 bits per heavy atom. The molecule has 0 unspecified atom stereocenters. The van der Waals surface area contributed by atoms with Crippen LogP contribution in [0.15, 0.2) is 41.4 Å². The molecule has 3 heterocycles. The number of carbonyl (C=O) groups is 1. The van der Waals surface area contributed by atoms with Crippen LogP contribution in [0, 0.1) is 0 Å². The predicted molar refractivity (Wildman–Crippen MR) is 122 cm³/mol. The summed E-state index contributed by atoms with van der Waals surface area (Å²) in [6, 6.07) is 9.67. The van der Waals surface area contributed by atoms with Crippen molar-refractivity contribution in [1.29, 1.82) is 0 Å². The van der Waals surface area contributed by atoms with E-state index in [1.54, 1.807) is 42.2 Å². The highest BCUT2D eigenvalue weighted by atomic mass is 35.5.